The van der Waals surface area contributed by atoms with Crippen LogP contribution < -0.4 is 15.8 Å². The van der Waals surface area contributed by atoms with Crippen molar-refractivity contribution in [2.75, 3.05) is 12.4 Å². The van der Waals surface area contributed by atoms with E-state index in [0.29, 0.717) is 16.5 Å². The molecule has 1 aliphatic rings. The van der Waals surface area contributed by atoms with Crippen molar-refractivity contribution in [2.24, 2.45) is 22.6 Å². The maximum Gasteiger partial charge on any atom is 0.235 e. The third-order valence-electron chi connectivity index (χ3n) is 4.58. The standard InChI is InChI=1S/C20H17ClN4O2S/c1-27-14-8-6-13(7-9-14)24-19(26)17-16(11-2-4-12(21)5-3-11)15(10-22)18(23)25-20(17)28/h2-9,15-17H,1H3,(H,24,26)(H2,23,25,28). The summed E-state index contributed by atoms with van der Waals surface area (Å²) in [5.41, 5.74) is 7.28. The Morgan fingerprint density at radius 3 is 2.46 bits per heavy atom. The number of nitrogens with zero attached hydrogens (tertiary/aromatic N) is 2. The number of halogens is 1. The van der Waals surface area contributed by atoms with Crippen molar-refractivity contribution in [1.29, 1.82) is 5.26 Å². The predicted molar refractivity (Wildman–Crippen MR) is 113 cm³/mol. The highest BCUT2D eigenvalue weighted by Gasteiger charge is 2.43. The van der Waals surface area contributed by atoms with Crippen LogP contribution in [0.5, 0.6) is 5.75 Å². The SMILES string of the molecule is COc1ccc(NC(=O)C2C(=S)N=C(N)C(C#N)C2c2ccc(Cl)cc2)cc1. The first kappa shape index (κ1) is 19.8. The Balaban J connectivity index is 1.96. The maximum absolute atomic E-state index is 13.1. The first-order valence-electron chi connectivity index (χ1n) is 8.42. The maximum atomic E-state index is 13.1. The fourth-order valence-corrected chi connectivity index (χ4v) is 3.67. The molecule has 0 radical (unpaired) electrons. The number of nitrogens with two attached hydrogens (primary N) is 1. The van der Waals surface area contributed by atoms with E-state index in [2.05, 4.69) is 16.4 Å². The zero-order valence-electron chi connectivity index (χ0n) is 14.9. The molecule has 3 rings (SSSR count). The molecule has 8 heteroatoms. The van der Waals surface area contributed by atoms with Gasteiger partial charge in [0, 0.05) is 16.6 Å². The summed E-state index contributed by atoms with van der Waals surface area (Å²) in [4.78, 5) is 17.3. The number of nitrogens with one attached hydrogen (secondary N) is 1. The van der Waals surface area contributed by atoms with E-state index in [1.807, 2.05) is 0 Å². The molecule has 3 atom stereocenters. The van der Waals surface area contributed by atoms with Crippen LogP contribution in [0.25, 0.3) is 0 Å². The summed E-state index contributed by atoms with van der Waals surface area (Å²) < 4.78 is 5.12. The highest BCUT2D eigenvalue weighted by atomic mass is 35.5. The van der Waals surface area contributed by atoms with Crippen LogP contribution in [0, 0.1) is 23.2 Å². The molecule has 0 aromatic heterocycles. The number of hydrogen-bond acceptors (Lipinski definition) is 5. The molecule has 0 fully saturated rings. The molecule has 0 spiro atoms. The molecule has 142 valence electrons. The number of amides is 1. The number of hydrogen-bond donors (Lipinski definition) is 2. The number of anilines is 1. The molecule has 1 heterocycles. The van der Waals surface area contributed by atoms with Gasteiger partial charge in [-0.3, -0.25) is 4.79 Å². The number of nitriles is 1. The molecule has 28 heavy (non-hydrogen) atoms. The van der Waals surface area contributed by atoms with Crippen LogP contribution in [-0.2, 0) is 4.79 Å². The van der Waals surface area contributed by atoms with E-state index < -0.39 is 17.8 Å². The first-order chi connectivity index (χ1) is 13.4. The average Bonchev–Trinajstić information content (AvgIpc) is 2.68. The van der Waals surface area contributed by atoms with Crippen LogP contribution in [0.3, 0.4) is 0 Å². The Hall–Kier alpha value is -2.95. The van der Waals surface area contributed by atoms with Crippen molar-refractivity contribution in [3.63, 3.8) is 0 Å². The van der Waals surface area contributed by atoms with Gasteiger partial charge < -0.3 is 15.8 Å². The lowest BCUT2D eigenvalue weighted by molar-refractivity contribution is -0.118. The van der Waals surface area contributed by atoms with Crippen molar-refractivity contribution in [1.82, 2.24) is 0 Å². The molecule has 2 aromatic carbocycles. The van der Waals surface area contributed by atoms with Gasteiger partial charge in [-0.2, -0.15) is 5.26 Å². The Morgan fingerprint density at radius 2 is 1.89 bits per heavy atom. The Bertz CT molecular complexity index is 967. The summed E-state index contributed by atoms with van der Waals surface area (Å²) in [5.74, 6) is -1.74. The molecule has 1 aliphatic heterocycles. The number of methoxy groups -OCH3 is 1. The molecule has 0 aliphatic carbocycles. The third-order valence-corrected chi connectivity index (χ3v) is 5.17. The van der Waals surface area contributed by atoms with Crippen LogP contribution in [0.15, 0.2) is 53.5 Å². The smallest absolute Gasteiger partial charge is 0.235 e. The van der Waals surface area contributed by atoms with Gasteiger partial charge in [0.05, 0.1) is 19.1 Å². The normalized spacial score (nSPS) is 21.4. The Labute approximate surface area is 173 Å². The lowest BCUT2D eigenvalue weighted by Gasteiger charge is -2.32. The number of carbonyl (C=O) groups excluding carboxylic acids is 1. The summed E-state index contributed by atoms with van der Waals surface area (Å²) in [6, 6.07) is 16.0. The van der Waals surface area contributed by atoms with E-state index in [9.17, 15) is 10.1 Å². The van der Waals surface area contributed by atoms with Gasteiger partial charge >= 0.3 is 0 Å². The zero-order valence-corrected chi connectivity index (χ0v) is 16.5. The summed E-state index contributed by atoms with van der Waals surface area (Å²) >= 11 is 11.3. The molecular weight excluding hydrogens is 396 g/mol. The minimum absolute atomic E-state index is 0.112. The summed E-state index contributed by atoms with van der Waals surface area (Å²) in [5, 5.41) is 13.0. The van der Waals surface area contributed by atoms with Gasteiger partial charge in [-0.1, -0.05) is 36.0 Å². The van der Waals surface area contributed by atoms with Crippen molar-refractivity contribution < 1.29 is 9.53 Å². The number of thiocarbonyl (C=S) groups is 1. The van der Waals surface area contributed by atoms with Crippen molar-refractivity contribution >= 4 is 46.2 Å². The van der Waals surface area contributed by atoms with Crippen molar-refractivity contribution in [2.45, 2.75) is 5.92 Å². The summed E-state index contributed by atoms with van der Waals surface area (Å²) in [7, 11) is 1.56. The second-order valence-corrected chi connectivity index (χ2v) is 7.11. The van der Waals surface area contributed by atoms with Gasteiger partial charge in [0.1, 0.15) is 22.5 Å². The highest BCUT2D eigenvalue weighted by molar-refractivity contribution is 7.80. The predicted octanol–water partition coefficient (Wildman–Crippen LogP) is 3.53. The van der Waals surface area contributed by atoms with Gasteiger partial charge in [0.2, 0.25) is 5.91 Å². The first-order valence-corrected chi connectivity index (χ1v) is 9.21. The quantitative estimate of drug-likeness (QED) is 0.748. The van der Waals surface area contributed by atoms with Crippen LogP contribution in [0.1, 0.15) is 11.5 Å². The topological polar surface area (TPSA) is 100 Å². The van der Waals surface area contributed by atoms with Gasteiger partial charge in [0.15, 0.2) is 0 Å². The molecule has 0 saturated carbocycles. The second kappa shape index (κ2) is 8.38. The number of ether oxygens (including phenoxy) is 1. The van der Waals surface area contributed by atoms with Gasteiger partial charge in [-0.05, 0) is 42.0 Å². The number of aliphatic imine (C=N–C) groups is 1. The molecular formula is C20H17ClN4O2S. The number of carbonyl (C=O) groups is 1. The fraction of sp³-hybridized carbons (Fsp3) is 0.200. The second-order valence-electron chi connectivity index (χ2n) is 6.25. The molecule has 2 aromatic rings. The zero-order chi connectivity index (χ0) is 20.3. The van der Waals surface area contributed by atoms with Crippen LogP contribution in [0.2, 0.25) is 5.02 Å². The van der Waals surface area contributed by atoms with E-state index in [0.717, 1.165) is 5.56 Å². The number of amidine groups is 1. The van der Waals surface area contributed by atoms with E-state index in [1.165, 1.54) is 0 Å². The van der Waals surface area contributed by atoms with E-state index in [4.69, 9.17) is 34.3 Å². The monoisotopic (exact) mass is 412 g/mol. The van der Waals surface area contributed by atoms with Gasteiger partial charge in [-0.25, -0.2) is 4.99 Å². The summed E-state index contributed by atoms with van der Waals surface area (Å²) in [6.07, 6.45) is 0. The molecule has 6 nitrogen and oxygen atoms in total. The van der Waals surface area contributed by atoms with Gasteiger partial charge in [-0.15, -0.1) is 0 Å². The minimum Gasteiger partial charge on any atom is -0.497 e. The van der Waals surface area contributed by atoms with Crippen LogP contribution in [0.4, 0.5) is 5.69 Å². The third kappa shape index (κ3) is 3.98. The van der Waals surface area contributed by atoms with Crippen molar-refractivity contribution in [3.05, 3.63) is 59.1 Å². The van der Waals surface area contributed by atoms with Gasteiger partial charge in [0.25, 0.3) is 0 Å². The number of benzene rings is 2. The largest absolute Gasteiger partial charge is 0.497 e. The number of rotatable bonds is 4. The van der Waals surface area contributed by atoms with Crippen LogP contribution in [-0.4, -0.2) is 23.8 Å². The molecule has 0 bridgehead atoms. The lowest BCUT2D eigenvalue weighted by atomic mass is 9.74. The lowest BCUT2D eigenvalue weighted by Crippen LogP contribution is -2.44. The highest BCUT2D eigenvalue weighted by Crippen LogP contribution is 2.38. The molecule has 0 saturated heterocycles. The minimum atomic E-state index is -0.824. The Kier molecular flexibility index (Phi) is 5.93. The molecule has 3 N–H and O–H groups in total. The van der Waals surface area contributed by atoms with E-state index in [1.54, 1.807) is 55.6 Å². The average molecular weight is 413 g/mol. The van der Waals surface area contributed by atoms with Crippen LogP contribution >= 0.6 is 23.8 Å². The summed E-state index contributed by atoms with van der Waals surface area (Å²) in [6.45, 7) is 0. The van der Waals surface area contributed by atoms with Crippen molar-refractivity contribution in [3.8, 4) is 11.8 Å². The molecule has 3 unspecified atom stereocenters. The molecule has 1 amide bonds. The van der Waals surface area contributed by atoms with E-state index >= 15 is 0 Å². The Morgan fingerprint density at radius 1 is 1.25 bits per heavy atom. The fourth-order valence-electron chi connectivity index (χ4n) is 3.18. The van der Waals surface area contributed by atoms with E-state index in [-0.39, 0.29) is 16.7 Å².